The van der Waals surface area contributed by atoms with E-state index >= 15 is 0 Å². The van der Waals surface area contributed by atoms with Crippen LogP contribution in [0, 0.1) is 0 Å². The molecule has 0 atom stereocenters. The van der Waals surface area contributed by atoms with Gasteiger partial charge in [-0.15, -0.1) is 13.2 Å². The first-order valence-corrected chi connectivity index (χ1v) is 7.72. The van der Waals surface area contributed by atoms with Crippen molar-refractivity contribution >= 4 is 15.9 Å². The van der Waals surface area contributed by atoms with Gasteiger partial charge in [0.25, 0.3) is 5.92 Å². The number of ether oxygens (including phenoxy) is 2. The van der Waals surface area contributed by atoms with E-state index in [1.54, 1.807) is 0 Å². The number of hydrogen-bond donors (Lipinski definition) is 0. The Bertz CT molecular complexity index is 528. The zero-order chi connectivity index (χ0) is 17.1. The van der Waals surface area contributed by atoms with Crippen molar-refractivity contribution in [3.63, 3.8) is 0 Å². The van der Waals surface area contributed by atoms with Crippen LogP contribution in [-0.2, 0) is 0 Å². The van der Waals surface area contributed by atoms with Gasteiger partial charge in [0.05, 0.1) is 4.47 Å². The van der Waals surface area contributed by atoms with E-state index in [-0.39, 0.29) is 44.0 Å². The lowest BCUT2D eigenvalue weighted by Gasteiger charge is -2.31. The average molecular weight is 404 g/mol. The van der Waals surface area contributed by atoms with E-state index in [9.17, 15) is 22.0 Å². The third-order valence-corrected chi connectivity index (χ3v) is 4.04. The number of nitrogens with zero attached hydrogens (tertiary/aromatic N) is 1. The molecule has 130 valence electrons. The molecule has 1 aliphatic rings. The number of alkyl halides is 5. The highest BCUT2D eigenvalue weighted by Gasteiger charge is 2.34. The fraction of sp³-hybridized carbons (Fsp3) is 0.571. The number of piperidine rings is 1. The fourth-order valence-corrected chi connectivity index (χ4v) is 2.54. The van der Waals surface area contributed by atoms with Gasteiger partial charge in [-0.05, 0) is 28.1 Å². The molecule has 0 spiro atoms. The number of rotatable bonds is 5. The third kappa shape index (κ3) is 6.14. The number of likely N-dealkylation sites (tertiary alicyclic amines) is 1. The Morgan fingerprint density at radius 1 is 1.17 bits per heavy atom. The minimum Gasteiger partial charge on any atom is -0.491 e. The Labute approximate surface area is 138 Å². The topological polar surface area (TPSA) is 21.7 Å². The van der Waals surface area contributed by atoms with Crippen molar-refractivity contribution < 1.29 is 31.4 Å². The lowest BCUT2D eigenvalue weighted by Crippen LogP contribution is -2.41. The highest BCUT2D eigenvalue weighted by atomic mass is 79.9. The van der Waals surface area contributed by atoms with Crippen LogP contribution in [0.25, 0.3) is 0 Å². The molecule has 1 aromatic rings. The summed E-state index contributed by atoms with van der Waals surface area (Å²) in [5.41, 5.74) is 0. The molecular weight excluding hydrogens is 389 g/mol. The summed E-state index contributed by atoms with van der Waals surface area (Å²) in [5.74, 6) is -2.79. The standard InChI is InChI=1S/C14H15BrF5NO2/c15-11-2-1-10(23-14(18,19)20)9-12(11)22-8-7-21-5-3-13(16,17)4-6-21/h1-2,9H,3-8H2. The molecule has 0 aromatic heterocycles. The molecule has 3 nitrogen and oxygen atoms in total. The fourth-order valence-electron chi connectivity index (χ4n) is 2.18. The lowest BCUT2D eigenvalue weighted by molar-refractivity contribution is -0.274. The molecule has 0 N–H and O–H groups in total. The quantitative estimate of drug-likeness (QED) is 0.677. The summed E-state index contributed by atoms with van der Waals surface area (Å²) in [4.78, 5) is 1.83. The van der Waals surface area contributed by atoms with Crippen molar-refractivity contribution in [1.82, 2.24) is 4.90 Å². The Balaban J connectivity index is 1.84. The van der Waals surface area contributed by atoms with E-state index in [0.29, 0.717) is 11.0 Å². The van der Waals surface area contributed by atoms with Crippen LogP contribution in [0.15, 0.2) is 22.7 Å². The third-order valence-electron chi connectivity index (χ3n) is 3.39. The van der Waals surface area contributed by atoms with Crippen molar-refractivity contribution in [2.24, 2.45) is 0 Å². The Morgan fingerprint density at radius 2 is 1.83 bits per heavy atom. The number of hydrogen-bond acceptors (Lipinski definition) is 3. The van der Waals surface area contributed by atoms with Gasteiger partial charge in [0, 0.05) is 38.5 Å². The predicted octanol–water partition coefficient (Wildman–Crippen LogP) is 4.46. The summed E-state index contributed by atoms with van der Waals surface area (Å²) < 4.78 is 72.3. The summed E-state index contributed by atoms with van der Waals surface area (Å²) in [6, 6.07) is 3.68. The Kier molecular flexibility index (Phi) is 5.72. The van der Waals surface area contributed by atoms with Gasteiger partial charge in [-0.3, -0.25) is 4.90 Å². The molecule has 1 heterocycles. The normalized spacial score (nSPS) is 18.7. The molecule has 9 heteroatoms. The minimum atomic E-state index is -4.77. The summed E-state index contributed by atoms with van der Waals surface area (Å²) in [6.45, 7) is 1.15. The van der Waals surface area contributed by atoms with Gasteiger partial charge >= 0.3 is 6.36 Å². The zero-order valence-electron chi connectivity index (χ0n) is 12.0. The van der Waals surface area contributed by atoms with Crippen molar-refractivity contribution in [2.45, 2.75) is 25.1 Å². The van der Waals surface area contributed by atoms with Crippen LogP contribution >= 0.6 is 15.9 Å². The first kappa shape index (κ1) is 18.3. The van der Waals surface area contributed by atoms with Crippen LogP contribution in [0.4, 0.5) is 22.0 Å². The van der Waals surface area contributed by atoms with Gasteiger partial charge < -0.3 is 9.47 Å². The molecule has 1 fully saturated rings. The van der Waals surface area contributed by atoms with Crippen molar-refractivity contribution in [1.29, 1.82) is 0 Å². The molecule has 2 rings (SSSR count). The number of halogens is 6. The molecule has 0 bridgehead atoms. The van der Waals surface area contributed by atoms with Crippen LogP contribution in [0.3, 0.4) is 0 Å². The van der Waals surface area contributed by atoms with Crippen molar-refractivity contribution in [3.8, 4) is 11.5 Å². The van der Waals surface area contributed by atoms with Gasteiger partial charge in [-0.1, -0.05) is 0 Å². The second kappa shape index (κ2) is 7.21. The van der Waals surface area contributed by atoms with Crippen LogP contribution in [0.5, 0.6) is 11.5 Å². The summed E-state index contributed by atoms with van der Waals surface area (Å²) in [5, 5.41) is 0. The Morgan fingerprint density at radius 3 is 2.43 bits per heavy atom. The highest BCUT2D eigenvalue weighted by Crippen LogP contribution is 2.32. The molecule has 1 saturated heterocycles. The molecule has 23 heavy (non-hydrogen) atoms. The van der Waals surface area contributed by atoms with E-state index in [1.807, 2.05) is 4.90 Å². The number of benzene rings is 1. The summed E-state index contributed by atoms with van der Waals surface area (Å²) >= 11 is 3.18. The maximum absolute atomic E-state index is 13.0. The molecule has 1 aromatic carbocycles. The summed E-state index contributed by atoms with van der Waals surface area (Å²) in [7, 11) is 0. The second-order valence-corrected chi connectivity index (χ2v) is 6.04. The first-order chi connectivity index (χ1) is 10.6. The molecule has 0 amide bonds. The van der Waals surface area contributed by atoms with Crippen molar-refractivity contribution in [3.05, 3.63) is 22.7 Å². The van der Waals surface area contributed by atoms with Crippen LogP contribution in [-0.4, -0.2) is 43.4 Å². The van der Waals surface area contributed by atoms with Gasteiger partial charge in [0.1, 0.15) is 18.1 Å². The van der Waals surface area contributed by atoms with E-state index in [2.05, 4.69) is 20.7 Å². The Hall–Kier alpha value is -1.09. The van der Waals surface area contributed by atoms with E-state index in [4.69, 9.17) is 4.74 Å². The maximum Gasteiger partial charge on any atom is 0.573 e. The van der Waals surface area contributed by atoms with Crippen LogP contribution in [0.1, 0.15) is 12.8 Å². The average Bonchev–Trinajstić information content (AvgIpc) is 2.42. The predicted molar refractivity (Wildman–Crippen MR) is 76.9 cm³/mol. The van der Waals surface area contributed by atoms with E-state index in [0.717, 1.165) is 12.1 Å². The minimum absolute atomic E-state index is 0.180. The van der Waals surface area contributed by atoms with Gasteiger partial charge in [-0.2, -0.15) is 0 Å². The smallest absolute Gasteiger partial charge is 0.491 e. The van der Waals surface area contributed by atoms with Crippen molar-refractivity contribution in [2.75, 3.05) is 26.2 Å². The van der Waals surface area contributed by atoms with Crippen LogP contribution in [0.2, 0.25) is 0 Å². The molecule has 1 aliphatic heterocycles. The van der Waals surface area contributed by atoms with Gasteiger partial charge in [-0.25, -0.2) is 8.78 Å². The molecular formula is C14H15BrF5NO2. The second-order valence-electron chi connectivity index (χ2n) is 5.19. The van der Waals surface area contributed by atoms with E-state index < -0.39 is 12.3 Å². The molecule has 0 radical (unpaired) electrons. The monoisotopic (exact) mass is 403 g/mol. The van der Waals surface area contributed by atoms with E-state index in [1.165, 1.54) is 6.07 Å². The highest BCUT2D eigenvalue weighted by molar-refractivity contribution is 9.10. The molecule has 0 aliphatic carbocycles. The zero-order valence-corrected chi connectivity index (χ0v) is 13.6. The maximum atomic E-state index is 13.0. The van der Waals surface area contributed by atoms with Gasteiger partial charge in [0.15, 0.2) is 0 Å². The van der Waals surface area contributed by atoms with Gasteiger partial charge in [0.2, 0.25) is 0 Å². The molecule has 0 unspecified atom stereocenters. The summed E-state index contributed by atoms with van der Waals surface area (Å²) in [6.07, 6.45) is -5.15. The van der Waals surface area contributed by atoms with Crippen LogP contribution < -0.4 is 9.47 Å². The first-order valence-electron chi connectivity index (χ1n) is 6.93. The lowest BCUT2D eigenvalue weighted by atomic mass is 10.1. The SMILES string of the molecule is FC1(F)CCN(CCOc2cc(OC(F)(F)F)ccc2Br)CC1. The molecule has 0 saturated carbocycles. The largest absolute Gasteiger partial charge is 0.573 e.